The van der Waals surface area contributed by atoms with E-state index in [1.807, 2.05) is 0 Å². The average Bonchev–Trinajstić information content (AvgIpc) is 2.39. The smallest absolute Gasteiger partial charge is 0.276 e. The Bertz CT molecular complexity index is 513. The van der Waals surface area contributed by atoms with E-state index < -0.39 is 0 Å². The van der Waals surface area contributed by atoms with E-state index in [4.69, 9.17) is 0 Å². The lowest BCUT2D eigenvalue weighted by Crippen LogP contribution is -2.26. The summed E-state index contributed by atoms with van der Waals surface area (Å²) in [5.74, 6) is -0.149. The number of aromatic nitrogens is 2. The maximum atomic E-state index is 12.1. The quantitative estimate of drug-likeness (QED) is 0.854. The minimum Gasteiger partial charge on any atom is -0.310 e. The molecule has 0 radical (unpaired) electrons. The zero-order chi connectivity index (χ0) is 12.3. The van der Waals surface area contributed by atoms with Gasteiger partial charge in [-0.15, -0.1) is 0 Å². The van der Waals surface area contributed by atoms with Crippen LogP contribution in [0.1, 0.15) is 10.5 Å². The minimum atomic E-state index is -0.149. The number of anilines is 1. The van der Waals surface area contributed by atoms with E-state index >= 15 is 0 Å². The number of carbonyl (C=O) groups excluding carboxylic acids is 1. The maximum Gasteiger partial charge on any atom is 0.276 e. The minimum absolute atomic E-state index is 0.149. The van der Waals surface area contributed by atoms with E-state index in [1.165, 1.54) is 4.90 Å². The van der Waals surface area contributed by atoms with E-state index in [0.717, 1.165) is 10.2 Å². The van der Waals surface area contributed by atoms with E-state index in [-0.39, 0.29) is 5.91 Å². The number of halogens is 1. The predicted octanol–water partition coefficient (Wildman–Crippen LogP) is 2.52. The van der Waals surface area contributed by atoms with Gasteiger partial charge < -0.3 is 4.90 Å². The number of hydrogen-bond acceptors (Lipinski definition) is 3. The topological polar surface area (TPSA) is 46.1 Å². The van der Waals surface area contributed by atoms with E-state index in [2.05, 4.69) is 25.9 Å². The Morgan fingerprint density at radius 2 is 1.94 bits per heavy atom. The molecule has 0 aliphatic heterocycles. The molecule has 2 aromatic rings. The number of amides is 1. The van der Waals surface area contributed by atoms with Gasteiger partial charge in [-0.1, -0.05) is 0 Å². The molecule has 0 fully saturated rings. The monoisotopic (exact) mass is 291 g/mol. The Hall–Kier alpha value is -1.75. The second-order valence-electron chi connectivity index (χ2n) is 3.43. The van der Waals surface area contributed by atoms with Crippen molar-refractivity contribution in [2.75, 3.05) is 11.9 Å². The molecule has 86 valence electrons. The molecule has 0 N–H and O–H groups in total. The summed E-state index contributed by atoms with van der Waals surface area (Å²) in [4.78, 5) is 21.6. The van der Waals surface area contributed by atoms with Gasteiger partial charge in [0.25, 0.3) is 5.91 Å². The highest BCUT2D eigenvalue weighted by Gasteiger charge is 2.14. The normalized spacial score (nSPS) is 10.0. The molecule has 1 amide bonds. The van der Waals surface area contributed by atoms with Crippen LogP contribution in [0.5, 0.6) is 0 Å². The van der Waals surface area contributed by atoms with Gasteiger partial charge in [-0.2, -0.15) is 0 Å². The molecule has 2 aromatic heterocycles. The van der Waals surface area contributed by atoms with Gasteiger partial charge in [0, 0.05) is 35.8 Å². The van der Waals surface area contributed by atoms with Gasteiger partial charge in [0.05, 0.1) is 0 Å². The Morgan fingerprint density at radius 1 is 1.24 bits per heavy atom. The van der Waals surface area contributed by atoms with Crippen LogP contribution < -0.4 is 4.90 Å². The lowest BCUT2D eigenvalue weighted by Gasteiger charge is -2.16. The van der Waals surface area contributed by atoms with Crippen LogP contribution in [-0.4, -0.2) is 22.9 Å². The van der Waals surface area contributed by atoms with Gasteiger partial charge in [-0.3, -0.25) is 9.78 Å². The summed E-state index contributed by atoms with van der Waals surface area (Å²) < 4.78 is 0.848. The molecule has 17 heavy (non-hydrogen) atoms. The predicted molar refractivity (Wildman–Crippen MR) is 68.9 cm³/mol. The number of nitrogens with zero attached hydrogens (tertiary/aromatic N) is 3. The first-order chi connectivity index (χ1) is 8.18. The zero-order valence-corrected chi connectivity index (χ0v) is 10.8. The van der Waals surface area contributed by atoms with Crippen LogP contribution in [0.2, 0.25) is 0 Å². The molecular weight excluding hydrogens is 282 g/mol. The molecule has 0 atom stereocenters. The molecule has 0 aromatic carbocycles. The Labute approximate surface area is 107 Å². The molecule has 0 unspecified atom stereocenters. The molecule has 5 heteroatoms. The Kier molecular flexibility index (Phi) is 3.49. The molecule has 0 aliphatic carbocycles. The van der Waals surface area contributed by atoms with E-state index in [1.54, 1.807) is 49.9 Å². The zero-order valence-electron chi connectivity index (χ0n) is 9.17. The van der Waals surface area contributed by atoms with Crippen LogP contribution in [0.4, 0.5) is 5.69 Å². The number of carbonyl (C=O) groups is 1. The summed E-state index contributed by atoms with van der Waals surface area (Å²) >= 11 is 3.28. The van der Waals surface area contributed by atoms with Gasteiger partial charge in [0.2, 0.25) is 0 Å². The summed E-state index contributed by atoms with van der Waals surface area (Å²) in [5.41, 5.74) is 1.20. The van der Waals surface area contributed by atoms with Crippen molar-refractivity contribution in [3.63, 3.8) is 0 Å². The van der Waals surface area contributed by atoms with Crippen LogP contribution in [0.3, 0.4) is 0 Å². The van der Waals surface area contributed by atoms with Crippen LogP contribution in [-0.2, 0) is 0 Å². The standard InChI is InChI=1S/C12H10BrN3O/c1-16(10-4-6-14-7-5-10)12(17)11-3-2-9(13)8-15-11/h2-8H,1H3. The second kappa shape index (κ2) is 5.05. The molecule has 0 saturated heterocycles. The summed E-state index contributed by atoms with van der Waals surface area (Å²) in [6, 6.07) is 7.03. The van der Waals surface area contributed by atoms with Crippen molar-refractivity contribution in [3.05, 3.63) is 53.0 Å². The van der Waals surface area contributed by atoms with Crippen molar-refractivity contribution in [2.45, 2.75) is 0 Å². The molecule has 0 spiro atoms. The van der Waals surface area contributed by atoms with Crippen molar-refractivity contribution in [1.29, 1.82) is 0 Å². The van der Waals surface area contributed by atoms with Crippen molar-refractivity contribution < 1.29 is 4.79 Å². The van der Waals surface area contributed by atoms with E-state index in [9.17, 15) is 4.79 Å². The van der Waals surface area contributed by atoms with Gasteiger partial charge in [0.15, 0.2) is 0 Å². The van der Waals surface area contributed by atoms with Crippen molar-refractivity contribution in [1.82, 2.24) is 9.97 Å². The highest BCUT2D eigenvalue weighted by molar-refractivity contribution is 9.10. The fourth-order valence-electron chi connectivity index (χ4n) is 1.36. The van der Waals surface area contributed by atoms with E-state index in [0.29, 0.717) is 5.69 Å². The van der Waals surface area contributed by atoms with Gasteiger partial charge in [-0.05, 0) is 40.2 Å². The highest BCUT2D eigenvalue weighted by atomic mass is 79.9. The molecule has 2 rings (SSSR count). The molecule has 2 heterocycles. The van der Waals surface area contributed by atoms with Gasteiger partial charge in [-0.25, -0.2) is 4.98 Å². The summed E-state index contributed by atoms with van der Waals surface area (Å²) in [5, 5.41) is 0. The van der Waals surface area contributed by atoms with Gasteiger partial charge >= 0.3 is 0 Å². The first-order valence-corrected chi connectivity index (χ1v) is 5.77. The first-order valence-electron chi connectivity index (χ1n) is 4.98. The number of hydrogen-bond donors (Lipinski definition) is 0. The third-order valence-electron chi connectivity index (χ3n) is 2.30. The largest absolute Gasteiger partial charge is 0.310 e. The van der Waals surface area contributed by atoms with Gasteiger partial charge in [0.1, 0.15) is 5.69 Å². The first kappa shape index (κ1) is 11.7. The molecule has 0 bridgehead atoms. The fraction of sp³-hybridized carbons (Fsp3) is 0.0833. The Morgan fingerprint density at radius 3 is 2.53 bits per heavy atom. The second-order valence-corrected chi connectivity index (χ2v) is 4.35. The highest BCUT2D eigenvalue weighted by Crippen LogP contribution is 2.14. The van der Waals surface area contributed by atoms with Crippen molar-refractivity contribution in [3.8, 4) is 0 Å². The van der Waals surface area contributed by atoms with Crippen LogP contribution in [0.25, 0.3) is 0 Å². The third-order valence-corrected chi connectivity index (χ3v) is 2.77. The van der Waals surface area contributed by atoms with Crippen LogP contribution in [0, 0.1) is 0 Å². The lowest BCUT2D eigenvalue weighted by molar-refractivity contribution is 0.0988. The molecular formula is C12H10BrN3O. The van der Waals surface area contributed by atoms with Crippen molar-refractivity contribution >= 4 is 27.5 Å². The summed E-state index contributed by atoms with van der Waals surface area (Å²) in [7, 11) is 1.71. The molecule has 0 saturated carbocycles. The van der Waals surface area contributed by atoms with Crippen LogP contribution in [0.15, 0.2) is 47.3 Å². The summed E-state index contributed by atoms with van der Waals surface area (Å²) in [6.45, 7) is 0. The summed E-state index contributed by atoms with van der Waals surface area (Å²) in [6.07, 6.45) is 4.90. The number of rotatable bonds is 2. The lowest BCUT2D eigenvalue weighted by atomic mass is 10.3. The van der Waals surface area contributed by atoms with Crippen molar-refractivity contribution in [2.24, 2.45) is 0 Å². The molecule has 4 nitrogen and oxygen atoms in total. The molecule has 0 aliphatic rings. The fourth-order valence-corrected chi connectivity index (χ4v) is 1.59. The Balaban J connectivity index is 2.23. The average molecular weight is 292 g/mol. The van der Waals surface area contributed by atoms with Crippen LogP contribution >= 0.6 is 15.9 Å². The SMILES string of the molecule is CN(C(=O)c1ccc(Br)cn1)c1ccncc1. The maximum absolute atomic E-state index is 12.1. The number of pyridine rings is 2. The third kappa shape index (κ3) is 2.68.